The van der Waals surface area contributed by atoms with E-state index in [0.717, 1.165) is 17.6 Å². The molecule has 1 aromatic heterocycles. The molecule has 0 aliphatic carbocycles. The van der Waals surface area contributed by atoms with Gasteiger partial charge in [-0.3, -0.25) is 0 Å². The number of hydrogen-bond donors (Lipinski definition) is 0. The third-order valence-electron chi connectivity index (χ3n) is 1.81. The fourth-order valence-electron chi connectivity index (χ4n) is 1.00. The van der Waals surface area contributed by atoms with E-state index in [2.05, 4.69) is 35.7 Å². The number of hydrogen-bond acceptors (Lipinski definition) is 4. The van der Waals surface area contributed by atoms with Crippen LogP contribution in [0.5, 0.6) is 0 Å². The fourth-order valence-corrected chi connectivity index (χ4v) is 1.00. The van der Waals surface area contributed by atoms with Crippen molar-refractivity contribution in [3.8, 4) is 0 Å². The van der Waals surface area contributed by atoms with E-state index in [4.69, 9.17) is 0 Å². The van der Waals surface area contributed by atoms with Crippen molar-refractivity contribution < 1.29 is 0 Å². The maximum Gasteiger partial charge on any atom is 0.228 e. The lowest BCUT2D eigenvalue weighted by Gasteiger charge is -2.19. The van der Waals surface area contributed by atoms with Gasteiger partial charge in [-0.25, -0.2) is 4.98 Å². The van der Waals surface area contributed by atoms with Crippen LogP contribution in [0.15, 0.2) is 0 Å². The van der Waals surface area contributed by atoms with Crippen molar-refractivity contribution in [3.63, 3.8) is 0 Å². The molecule has 78 valence electrons. The van der Waals surface area contributed by atoms with Crippen LogP contribution in [0.4, 0.5) is 5.95 Å². The molecular weight excluding hydrogens is 176 g/mol. The van der Waals surface area contributed by atoms with Gasteiger partial charge in [0.25, 0.3) is 0 Å². The molecule has 0 atom stereocenters. The van der Waals surface area contributed by atoms with Crippen LogP contribution in [0.3, 0.4) is 0 Å². The Bertz CT molecular complexity index is 325. The van der Waals surface area contributed by atoms with Crippen molar-refractivity contribution in [3.05, 3.63) is 11.6 Å². The normalized spacial score (nSPS) is 11.6. The molecule has 0 aliphatic heterocycles. The molecule has 0 fully saturated rings. The number of nitrogens with zero attached hydrogens (tertiary/aromatic N) is 4. The molecule has 0 saturated carbocycles. The van der Waals surface area contributed by atoms with Crippen molar-refractivity contribution in [1.29, 1.82) is 0 Å². The molecule has 4 heteroatoms. The van der Waals surface area contributed by atoms with Crippen molar-refractivity contribution in [2.45, 2.75) is 33.1 Å². The summed E-state index contributed by atoms with van der Waals surface area (Å²) in [7, 11) is 3.86. The van der Waals surface area contributed by atoms with Gasteiger partial charge >= 0.3 is 0 Å². The first kappa shape index (κ1) is 10.9. The van der Waals surface area contributed by atoms with Gasteiger partial charge in [0.15, 0.2) is 0 Å². The first-order valence-corrected chi connectivity index (χ1v) is 4.71. The Morgan fingerprint density at radius 1 is 1.00 bits per heavy atom. The molecular formula is C10H18N4. The smallest absolute Gasteiger partial charge is 0.228 e. The van der Waals surface area contributed by atoms with Crippen molar-refractivity contribution >= 4 is 5.95 Å². The summed E-state index contributed by atoms with van der Waals surface area (Å²) in [6, 6.07) is 0. The Kier molecular flexibility index (Phi) is 2.73. The molecule has 0 bridgehead atoms. The van der Waals surface area contributed by atoms with Crippen LogP contribution >= 0.6 is 0 Å². The second-order valence-electron chi connectivity index (χ2n) is 4.65. The zero-order valence-electron chi connectivity index (χ0n) is 9.79. The maximum absolute atomic E-state index is 4.41. The third kappa shape index (κ3) is 2.40. The Morgan fingerprint density at radius 3 is 2.00 bits per heavy atom. The Balaban J connectivity index is 3.21. The molecule has 1 aromatic rings. The van der Waals surface area contributed by atoms with E-state index in [1.165, 1.54) is 0 Å². The molecule has 0 amide bonds. The maximum atomic E-state index is 4.41. The van der Waals surface area contributed by atoms with Gasteiger partial charge in [0.1, 0.15) is 11.6 Å². The largest absolute Gasteiger partial charge is 0.347 e. The molecule has 0 saturated heterocycles. The van der Waals surface area contributed by atoms with E-state index in [0.29, 0.717) is 0 Å². The minimum Gasteiger partial charge on any atom is -0.347 e. The zero-order chi connectivity index (χ0) is 10.9. The minimum atomic E-state index is -0.0293. The molecule has 0 aromatic carbocycles. The predicted molar refractivity (Wildman–Crippen MR) is 57.6 cm³/mol. The topological polar surface area (TPSA) is 41.9 Å². The summed E-state index contributed by atoms with van der Waals surface area (Å²) in [6.07, 6.45) is 0. The SMILES string of the molecule is Cc1nc(N(C)C)nc(C(C)(C)C)n1. The van der Waals surface area contributed by atoms with Gasteiger partial charge in [0, 0.05) is 19.5 Å². The zero-order valence-corrected chi connectivity index (χ0v) is 9.79. The van der Waals surface area contributed by atoms with E-state index in [1.54, 1.807) is 0 Å². The molecule has 14 heavy (non-hydrogen) atoms. The van der Waals surface area contributed by atoms with Crippen LogP contribution in [0.25, 0.3) is 0 Å². The highest BCUT2D eigenvalue weighted by molar-refractivity contribution is 5.27. The molecule has 0 radical (unpaired) electrons. The second-order valence-corrected chi connectivity index (χ2v) is 4.65. The lowest BCUT2D eigenvalue weighted by atomic mass is 9.96. The van der Waals surface area contributed by atoms with Crippen LogP contribution in [-0.4, -0.2) is 29.0 Å². The second kappa shape index (κ2) is 3.52. The molecule has 0 unspecified atom stereocenters. The molecule has 4 nitrogen and oxygen atoms in total. The number of aromatic nitrogens is 3. The number of rotatable bonds is 1. The van der Waals surface area contributed by atoms with Gasteiger partial charge in [0.2, 0.25) is 5.95 Å². The van der Waals surface area contributed by atoms with E-state index in [-0.39, 0.29) is 5.41 Å². The Morgan fingerprint density at radius 2 is 1.57 bits per heavy atom. The van der Waals surface area contributed by atoms with Crippen LogP contribution < -0.4 is 4.90 Å². The van der Waals surface area contributed by atoms with Gasteiger partial charge in [-0.05, 0) is 6.92 Å². The molecule has 0 N–H and O–H groups in total. The van der Waals surface area contributed by atoms with Gasteiger partial charge in [-0.15, -0.1) is 0 Å². The Labute approximate surface area is 85.4 Å². The van der Waals surface area contributed by atoms with Crippen molar-refractivity contribution in [2.75, 3.05) is 19.0 Å². The molecule has 1 heterocycles. The summed E-state index contributed by atoms with van der Waals surface area (Å²) in [4.78, 5) is 14.9. The highest BCUT2D eigenvalue weighted by Gasteiger charge is 2.19. The number of aryl methyl sites for hydroxylation is 1. The monoisotopic (exact) mass is 194 g/mol. The highest BCUT2D eigenvalue weighted by atomic mass is 15.2. The van der Waals surface area contributed by atoms with E-state index in [1.807, 2.05) is 25.9 Å². The molecule has 1 rings (SSSR count). The summed E-state index contributed by atoms with van der Waals surface area (Å²) in [6.45, 7) is 8.19. The third-order valence-corrected chi connectivity index (χ3v) is 1.81. The van der Waals surface area contributed by atoms with Gasteiger partial charge in [0.05, 0.1) is 0 Å². The van der Waals surface area contributed by atoms with Crippen LogP contribution in [-0.2, 0) is 5.41 Å². The van der Waals surface area contributed by atoms with Gasteiger partial charge < -0.3 is 4.90 Å². The minimum absolute atomic E-state index is 0.0293. The summed E-state index contributed by atoms with van der Waals surface area (Å²) in [5, 5.41) is 0. The predicted octanol–water partition coefficient (Wildman–Crippen LogP) is 1.54. The van der Waals surface area contributed by atoms with E-state index < -0.39 is 0 Å². The number of anilines is 1. The summed E-state index contributed by atoms with van der Waals surface area (Å²) in [5.41, 5.74) is -0.0293. The lowest BCUT2D eigenvalue weighted by Crippen LogP contribution is -2.21. The van der Waals surface area contributed by atoms with E-state index in [9.17, 15) is 0 Å². The first-order valence-electron chi connectivity index (χ1n) is 4.71. The fraction of sp³-hybridized carbons (Fsp3) is 0.700. The van der Waals surface area contributed by atoms with Crippen LogP contribution in [0.2, 0.25) is 0 Å². The summed E-state index contributed by atoms with van der Waals surface area (Å²) in [5.74, 6) is 2.34. The van der Waals surface area contributed by atoms with Gasteiger partial charge in [-0.2, -0.15) is 9.97 Å². The van der Waals surface area contributed by atoms with E-state index >= 15 is 0 Å². The van der Waals surface area contributed by atoms with Crippen molar-refractivity contribution in [1.82, 2.24) is 15.0 Å². The van der Waals surface area contributed by atoms with Crippen LogP contribution in [0.1, 0.15) is 32.4 Å². The van der Waals surface area contributed by atoms with Gasteiger partial charge in [-0.1, -0.05) is 20.8 Å². The average Bonchev–Trinajstić information content (AvgIpc) is 2.01. The standard InChI is InChI=1S/C10H18N4/c1-7-11-8(10(2,3)4)13-9(12-7)14(5)6/h1-6H3. The quantitative estimate of drug-likeness (QED) is 0.680. The van der Waals surface area contributed by atoms with Crippen LogP contribution in [0, 0.1) is 6.92 Å². The highest BCUT2D eigenvalue weighted by Crippen LogP contribution is 2.19. The lowest BCUT2D eigenvalue weighted by molar-refractivity contribution is 0.538. The molecule has 0 spiro atoms. The molecule has 0 aliphatic rings. The first-order chi connectivity index (χ1) is 6.30. The average molecular weight is 194 g/mol. The summed E-state index contributed by atoms with van der Waals surface area (Å²) >= 11 is 0. The van der Waals surface area contributed by atoms with Crippen molar-refractivity contribution in [2.24, 2.45) is 0 Å². The Hall–Kier alpha value is -1.19. The summed E-state index contributed by atoms with van der Waals surface area (Å²) < 4.78 is 0.